The smallest absolute Gasteiger partial charge is 0.259 e. The van der Waals surface area contributed by atoms with Gasteiger partial charge in [-0.1, -0.05) is 35.5 Å². The topological polar surface area (TPSA) is 81.4 Å². The van der Waals surface area contributed by atoms with Crippen LogP contribution < -0.4 is 10.1 Å². The highest BCUT2D eigenvalue weighted by Crippen LogP contribution is 2.22. The van der Waals surface area contributed by atoms with Crippen molar-refractivity contribution in [2.75, 3.05) is 12.4 Å². The highest BCUT2D eigenvalue weighted by molar-refractivity contribution is 7.98. The molecule has 9 heteroatoms. The fourth-order valence-corrected chi connectivity index (χ4v) is 3.71. The minimum Gasteiger partial charge on any atom is -0.497 e. The van der Waals surface area contributed by atoms with Gasteiger partial charge in [0.25, 0.3) is 11.7 Å². The molecule has 0 saturated heterocycles. The molecule has 2 aromatic carbocycles. The van der Waals surface area contributed by atoms with Gasteiger partial charge in [0, 0.05) is 22.7 Å². The molecule has 0 aliphatic carbocycles. The lowest BCUT2D eigenvalue weighted by atomic mass is 10.2. The number of halogens is 1. The van der Waals surface area contributed by atoms with Gasteiger partial charge in [-0.25, -0.2) is 4.98 Å². The minimum atomic E-state index is -0.266. The van der Waals surface area contributed by atoms with Gasteiger partial charge in [0.1, 0.15) is 5.75 Å². The molecule has 2 heterocycles. The van der Waals surface area contributed by atoms with E-state index in [4.69, 9.17) is 16.3 Å². The SMILES string of the molecule is COc1ccc(NC(=O)c2cnc3nc(SCc4ccc(Cl)cc4)nn3c2C)cc1. The molecule has 7 nitrogen and oxygen atoms in total. The van der Waals surface area contributed by atoms with Crippen LogP contribution in [0, 0.1) is 6.92 Å². The Balaban J connectivity index is 1.51. The van der Waals surface area contributed by atoms with Crippen LogP contribution in [-0.4, -0.2) is 32.6 Å². The van der Waals surface area contributed by atoms with Crippen molar-refractivity contribution >= 4 is 40.7 Å². The Morgan fingerprint density at radius 1 is 1.17 bits per heavy atom. The summed E-state index contributed by atoms with van der Waals surface area (Å²) in [7, 11) is 1.60. The van der Waals surface area contributed by atoms with Crippen LogP contribution in [0.2, 0.25) is 5.02 Å². The van der Waals surface area contributed by atoms with Crippen molar-refractivity contribution in [3.05, 3.63) is 76.6 Å². The van der Waals surface area contributed by atoms with Gasteiger partial charge in [0.15, 0.2) is 0 Å². The molecule has 0 atom stereocenters. The van der Waals surface area contributed by atoms with Gasteiger partial charge in [0.05, 0.1) is 18.4 Å². The number of carbonyl (C=O) groups is 1. The first-order chi connectivity index (χ1) is 14.5. The van der Waals surface area contributed by atoms with Crippen LogP contribution in [0.25, 0.3) is 5.78 Å². The number of hydrogen-bond acceptors (Lipinski definition) is 6. The summed E-state index contributed by atoms with van der Waals surface area (Å²) in [5, 5.41) is 8.66. The number of anilines is 1. The van der Waals surface area contributed by atoms with E-state index in [0.717, 1.165) is 11.3 Å². The Morgan fingerprint density at radius 3 is 2.60 bits per heavy atom. The third-order valence-electron chi connectivity index (χ3n) is 4.46. The quantitative estimate of drug-likeness (QED) is 0.441. The second-order valence-electron chi connectivity index (χ2n) is 6.46. The van der Waals surface area contributed by atoms with E-state index < -0.39 is 0 Å². The number of fused-ring (bicyclic) bond motifs is 1. The van der Waals surface area contributed by atoms with Crippen molar-refractivity contribution in [3.8, 4) is 5.75 Å². The Morgan fingerprint density at radius 2 is 1.90 bits per heavy atom. The summed E-state index contributed by atoms with van der Waals surface area (Å²) >= 11 is 7.42. The molecule has 4 rings (SSSR count). The number of benzene rings is 2. The predicted molar refractivity (Wildman–Crippen MR) is 117 cm³/mol. The molecular weight excluding hydrogens is 422 g/mol. The van der Waals surface area contributed by atoms with Crippen molar-refractivity contribution in [2.45, 2.75) is 17.8 Å². The fraction of sp³-hybridized carbons (Fsp3) is 0.143. The molecule has 0 saturated carbocycles. The average molecular weight is 440 g/mol. The number of amides is 1. The molecule has 0 aliphatic heterocycles. The molecular formula is C21H18ClN5O2S. The number of nitrogens with one attached hydrogen (secondary N) is 1. The number of nitrogens with zero attached hydrogens (tertiary/aromatic N) is 4. The van der Waals surface area contributed by atoms with Crippen molar-refractivity contribution in [1.29, 1.82) is 0 Å². The zero-order valence-corrected chi connectivity index (χ0v) is 17.9. The lowest BCUT2D eigenvalue weighted by Gasteiger charge is -2.08. The Hall–Kier alpha value is -3.10. The largest absolute Gasteiger partial charge is 0.497 e. The normalized spacial score (nSPS) is 10.9. The molecule has 0 spiro atoms. The lowest BCUT2D eigenvalue weighted by Crippen LogP contribution is -2.16. The Bertz CT molecular complexity index is 1190. The third-order valence-corrected chi connectivity index (χ3v) is 5.62. The molecule has 152 valence electrons. The zero-order chi connectivity index (χ0) is 21.1. The molecule has 0 bridgehead atoms. The zero-order valence-electron chi connectivity index (χ0n) is 16.3. The second-order valence-corrected chi connectivity index (χ2v) is 7.84. The molecule has 0 radical (unpaired) electrons. The summed E-state index contributed by atoms with van der Waals surface area (Å²) in [6.45, 7) is 1.82. The first kappa shape index (κ1) is 20.2. The highest BCUT2D eigenvalue weighted by Gasteiger charge is 2.16. The van der Waals surface area contributed by atoms with Crippen LogP contribution in [-0.2, 0) is 5.75 Å². The summed E-state index contributed by atoms with van der Waals surface area (Å²) in [6, 6.07) is 14.8. The molecule has 2 aromatic heterocycles. The third kappa shape index (κ3) is 4.39. The van der Waals surface area contributed by atoms with Crippen LogP contribution in [0.4, 0.5) is 5.69 Å². The van der Waals surface area contributed by atoms with E-state index in [1.165, 1.54) is 18.0 Å². The minimum absolute atomic E-state index is 0.266. The summed E-state index contributed by atoms with van der Waals surface area (Å²) in [5.41, 5.74) is 2.87. The average Bonchev–Trinajstić information content (AvgIpc) is 3.18. The van der Waals surface area contributed by atoms with Crippen molar-refractivity contribution in [3.63, 3.8) is 0 Å². The first-order valence-corrected chi connectivity index (χ1v) is 10.4. The monoisotopic (exact) mass is 439 g/mol. The van der Waals surface area contributed by atoms with E-state index in [0.29, 0.717) is 38.7 Å². The maximum Gasteiger partial charge on any atom is 0.259 e. The van der Waals surface area contributed by atoms with Crippen LogP contribution in [0.1, 0.15) is 21.6 Å². The van der Waals surface area contributed by atoms with E-state index in [2.05, 4.69) is 20.4 Å². The second kappa shape index (κ2) is 8.73. The van der Waals surface area contributed by atoms with Crippen LogP contribution >= 0.6 is 23.4 Å². The molecule has 30 heavy (non-hydrogen) atoms. The van der Waals surface area contributed by atoms with Gasteiger partial charge in [-0.2, -0.15) is 9.50 Å². The van der Waals surface area contributed by atoms with E-state index >= 15 is 0 Å². The number of methoxy groups -OCH3 is 1. The van der Waals surface area contributed by atoms with Crippen LogP contribution in [0.3, 0.4) is 0 Å². The number of aromatic nitrogens is 4. The van der Waals surface area contributed by atoms with E-state index in [9.17, 15) is 4.79 Å². The van der Waals surface area contributed by atoms with Gasteiger partial charge in [-0.05, 0) is 48.9 Å². The number of aryl methyl sites for hydroxylation is 1. The number of ether oxygens (including phenoxy) is 1. The number of rotatable bonds is 6. The Kier molecular flexibility index (Phi) is 5.87. The summed E-state index contributed by atoms with van der Waals surface area (Å²) in [4.78, 5) is 21.5. The Labute approximate surface area is 182 Å². The molecule has 4 aromatic rings. The lowest BCUT2D eigenvalue weighted by molar-refractivity contribution is 0.102. The van der Waals surface area contributed by atoms with Gasteiger partial charge < -0.3 is 10.1 Å². The van der Waals surface area contributed by atoms with Gasteiger partial charge in [0.2, 0.25) is 5.16 Å². The van der Waals surface area contributed by atoms with E-state index in [-0.39, 0.29) is 5.91 Å². The highest BCUT2D eigenvalue weighted by atomic mass is 35.5. The standard InChI is InChI=1S/C21H18ClN5O2S/c1-13-18(19(28)24-16-7-9-17(29-2)10-8-16)11-23-20-25-21(26-27(13)20)30-12-14-3-5-15(22)6-4-14/h3-11H,12H2,1-2H3,(H,24,28). The first-order valence-electron chi connectivity index (χ1n) is 9.08. The van der Waals surface area contributed by atoms with E-state index in [1.54, 1.807) is 35.9 Å². The number of hydrogen-bond donors (Lipinski definition) is 1. The van der Waals surface area contributed by atoms with Crippen molar-refractivity contribution in [2.24, 2.45) is 0 Å². The molecule has 0 fully saturated rings. The van der Waals surface area contributed by atoms with Crippen molar-refractivity contribution in [1.82, 2.24) is 19.6 Å². The molecule has 0 unspecified atom stereocenters. The van der Waals surface area contributed by atoms with Crippen molar-refractivity contribution < 1.29 is 9.53 Å². The van der Waals surface area contributed by atoms with Crippen LogP contribution in [0.5, 0.6) is 5.75 Å². The predicted octanol–water partition coefficient (Wildman–Crippen LogP) is 4.64. The van der Waals surface area contributed by atoms with Gasteiger partial charge in [-0.15, -0.1) is 5.10 Å². The number of carbonyl (C=O) groups excluding carboxylic acids is 1. The summed E-state index contributed by atoms with van der Waals surface area (Å²) in [6.07, 6.45) is 1.52. The fourth-order valence-electron chi connectivity index (χ4n) is 2.81. The molecule has 1 N–H and O–H groups in total. The van der Waals surface area contributed by atoms with Crippen LogP contribution in [0.15, 0.2) is 59.9 Å². The summed E-state index contributed by atoms with van der Waals surface area (Å²) < 4.78 is 6.72. The van der Waals surface area contributed by atoms with E-state index in [1.807, 2.05) is 31.2 Å². The van der Waals surface area contributed by atoms with Gasteiger partial charge >= 0.3 is 0 Å². The molecule has 1 amide bonds. The number of thioether (sulfide) groups is 1. The maximum atomic E-state index is 12.7. The van der Waals surface area contributed by atoms with Gasteiger partial charge in [-0.3, -0.25) is 4.79 Å². The maximum absolute atomic E-state index is 12.7. The summed E-state index contributed by atoms with van der Waals surface area (Å²) in [5.74, 6) is 1.61. The molecule has 0 aliphatic rings.